The molecule has 0 fully saturated rings. The molecule has 0 radical (unpaired) electrons. The van der Waals surface area contributed by atoms with Crippen molar-refractivity contribution in [1.29, 1.82) is 0 Å². The molecule has 0 bridgehead atoms. The predicted molar refractivity (Wildman–Crippen MR) is 76.0 cm³/mol. The first-order valence-corrected chi connectivity index (χ1v) is 6.47. The minimum absolute atomic E-state index is 0.268. The van der Waals surface area contributed by atoms with E-state index in [4.69, 9.17) is 10.5 Å². The van der Waals surface area contributed by atoms with Crippen LogP contribution in [0.1, 0.15) is 44.5 Å². The maximum absolute atomic E-state index is 12.1. The topological polar surface area (TPSA) is 94.3 Å². The molecule has 1 rings (SSSR count). The van der Waals surface area contributed by atoms with Gasteiger partial charge in [0.25, 0.3) is 5.91 Å². The Balaban J connectivity index is 2.77. The molecule has 1 aromatic heterocycles. The zero-order valence-electron chi connectivity index (χ0n) is 12.3. The van der Waals surface area contributed by atoms with E-state index < -0.39 is 23.5 Å². The van der Waals surface area contributed by atoms with E-state index in [2.05, 4.69) is 10.3 Å². The summed E-state index contributed by atoms with van der Waals surface area (Å²) in [6.07, 6.45) is 3.30. The van der Waals surface area contributed by atoms with Crippen molar-refractivity contribution in [2.24, 2.45) is 0 Å². The van der Waals surface area contributed by atoms with Crippen molar-refractivity contribution < 1.29 is 14.3 Å². The number of rotatable bonds is 4. The van der Waals surface area contributed by atoms with Crippen molar-refractivity contribution in [2.45, 2.75) is 45.8 Å². The lowest BCUT2D eigenvalue weighted by molar-refractivity contribution is -0.157. The van der Waals surface area contributed by atoms with Gasteiger partial charge in [-0.1, -0.05) is 6.92 Å². The lowest BCUT2D eigenvalue weighted by atomic mass is 10.1. The van der Waals surface area contributed by atoms with Crippen LogP contribution < -0.4 is 11.1 Å². The smallest absolute Gasteiger partial charge is 0.329 e. The van der Waals surface area contributed by atoms with Crippen LogP contribution in [-0.2, 0) is 9.53 Å². The van der Waals surface area contributed by atoms with Gasteiger partial charge in [0.15, 0.2) is 0 Å². The van der Waals surface area contributed by atoms with Gasteiger partial charge in [0.1, 0.15) is 11.6 Å². The zero-order chi connectivity index (χ0) is 15.3. The molecule has 0 saturated carbocycles. The SMILES string of the molecule is CCC(NC(=O)c1ccncc1N)C(=O)OC(C)(C)C. The molecule has 0 saturated heterocycles. The summed E-state index contributed by atoms with van der Waals surface area (Å²) < 4.78 is 5.26. The van der Waals surface area contributed by atoms with Gasteiger partial charge in [-0.3, -0.25) is 9.78 Å². The normalized spacial score (nSPS) is 12.6. The molecule has 20 heavy (non-hydrogen) atoms. The number of nitrogens with zero attached hydrogens (tertiary/aromatic N) is 1. The summed E-state index contributed by atoms with van der Waals surface area (Å²) in [5.74, 6) is -0.872. The fraction of sp³-hybridized carbons (Fsp3) is 0.500. The third-order valence-electron chi connectivity index (χ3n) is 2.50. The van der Waals surface area contributed by atoms with Crippen LogP contribution in [0.25, 0.3) is 0 Å². The fourth-order valence-corrected chi connectivity index (χ4v) is 1.55. The number of nitrogen functional groups attached to an aromatic ring is 1. The van der Waals surface area contributed by atoms with Crippen molar-refractivity contribution in [3.8, 4) is 0 Å². The molecule has 3 N–H and O–H groups in total. The third-order valence-corrected chi connectivity index (χ3v) is 2.50. The van der Waals surface area contributed by atoms with Gasteiger partial charge in [0, 0.05) is 6.20 Å². The number of hydrogen-bond acceptors (Lipinski definition) is 5. The van der Waals surface area contributed by atoms with E-state index in [1.165, 1.54) is 18.5 Å². The average Bonchev–Trinajstić information content (AvgIpc) is 2.33. The Kier molecular flexibility index (Phi) is 5.07. The van der Waals surface area contributed by atoms with Crippen LogP contribution >= 0.6 is 0 Å². The summed E-state index contributed by atoms with van der Waals surface area (Å²) in [5, 5.41) is 2.62. The quantitative estimate of drug-likeness (QED) is 0.815. The molecule has 6 heteroatoms. The summed E-state index contributed by atoms with van der Waals surface area (Å²) in [6.45, 7) is 7.13. The van der Waals surface area contributed by atoms with Gasteiger partial charge >= 0.3 is 5.97 Å². The van der Waals surface area contributed by atoms with Crippen LogP contribution in [0.2, 0.25) is 0 Å². The van der Waals surface area contributed by atoms with Crippen molar-refractivity contribution in [2.75, 3.05) is 5.73 Å². The highest BCUT2D eigenvalue weighted by atomic mass is 16.6. The molecule has 110 valence electrons. The molecule has 1 heterocycles. The number of amides is 1. The van der Waals surface area contributed by atoms with Gasteiger partial charge in [-0.25, -0.2) is 4.79 Å². The lowest BCUT2D eigenvalue weighted by Crippen LogP contribution is -2.43. The van der Waals surface area contributed by atoms with Gasteiger partial charge in [-0.15, -0.1) is 0 Å². The van der Waals surface area contributed by atoms with Crippen LogP contribution in [0, 0.1) is 0 Å². The Morgan fingerprint density at radius 1 is 1.45 bits per heavy atom. The number of ether oxygens (including phenoxy) is 1. The van der Waals surface area contributed by atoms with E-state index in [-0.39, 0.29) is 5.69 Å². The molecule has 6 nitrogen and oxygen atoms in total. The molecule has 0 aliphatic carbocycles. The summed E-state index contributed by atoms with van der Waals surface area (Å²) in [4.78, 5) is 27.9. The summed E-state index contributed by atoms with van der Waals surface area (Å²) in [5.41, 5.74) is 5.65. The van der Waals surface area contributed by atoms with Gasteiger partial charge in [0.2, 0.25) is 0 Å². The van der Waals surface area contributed by atoms with Crippen molar-refractivity contribution in [3.63, 3.8) is 0 Å². The Hall–Kier alpha value is -2.11. The second-order valence-electron chi connectivity index (χ2n) is 5.43. The highest BCUT2D eigenvalue weighted by Crippen LogP contribution is 2.12. The van der Waals surface area contributed by atoms with Gasteiger partial charge < -0.3 is 15.8 Å². The Bertz CT molecular complexity index is 495. The molecule has 0 aliphatic rings. The summed E-state index contributed by atoms with van der Waals surface area (Å²) in [7, 11) is 0. The standard InChI is InChI=1S/C14H21N3O3/c1-5-11(13(19)20-14(2,3)4)17-12(18)9-6-7-16-8-10(9)15/h6-8,11H,5,15H2,1-4H3,(H,17,18). The van der Waals surface area contributed by atoms with Crippen LogP contribution in [-0.4, -0.2) is 28.5 Å². The molecule has 1 unspecified atom stereocenters. The number of nitrogens with two attached hydrogens (primary N) is 1. The average molecular weight is 279 g/mol. The Morgan fingerprint density at radius 2 is 2.10 bits per heavy atom. The van der Waals surface area contributed by atoms with Crippen LogP contribution in [0.4, 0.5) is 5.69 Å². The summed E-state index contributed by atoms with van der Waals surface area (Å²) in [6, 6.07) is 0.807. The number of carbonyl (C=O) groups is 2. The molecule has 0 aliphatic heterocycles. The number of esters is 1. The van der Waals surface area contributed by atoms with Crippen molar-refractivity contribution in [3.05, 3.63) is 24.0 Å². The maximum Gasteiger partial charge on any atom is 0.329 e. The lowest BCUT2D eigenvalue weighted by Gasteiger charge is -2.24. The first kappa shape index (κ1) is 15.9. The van der Waals surface area contributed by atoms with Crippen LogP contribution in [0.15, 0.2) is 18.5 Å². The molecule has 0 spiro atoms. The zero-order valence-corrected chi connectivity index (χ0v) is 12.3. The Labute approximate surface area is 118 Å². The van der Waals surface area contributed by atoms with E-state index in [9.17, 15) is 9.59 Å². The highest BCUT2D eigenvalue weighted by molar-refractivity contribution is 6.00. The number of carbonyl (C=O) groups excluding carboxylic acids is 2. The van der Waals surface area contributed by atoms with E-state index in [0.717, 1.165) is 0 Å². The van der Waals surface area contributed by atoms with Crippen LogP contribution in [0.3, 0.4) is 0 Å². The number of pyridine rings is 1. The number of anilines is 1. The van der Waals surface area contributed by atoms with E-state index in [0.29, 0.717) is 12.0 Å². The third kappa shape index (κ3) is 4.53. The largest absolute Gasteiger partial charge is 0.458 e. The molecule has 1 amide bonds. The predicted octanol–water partition coefficient (Wildman–Crippen LogP) is 1.51. The first-order valence-electron chi connectivity index (χ1n) is 6.47. The molecule has 1 atom stereocenters. The molecular weight excluding hydrogens is 258 g/mol. The highest BCUT2D eigenvalue weighted by Gasteiger charge is 2.26. The second kappa shape index (κ2) is 6.36. The number of aromatic nitrogens is 1. The second-order valence-corrected chi connectivity index (χ2v) is 5.43. The van der Waals surface area contributed by atoms with E-state index >= 15 is 0 Å². The van der Waals surface area contributed by atoms with Gasteiger partial charge in [-0.05, 0) is 33.3 Å². The van der Waals surface area contributed by atoms with Crippen molar-refractivity contribution >= 4 is 17.6 Å². The van der Waals surface area contributed by atoms with Crippen molar-refractivity contribution in [1.82, 2.24) is 10.3 Å². The minimum Gasteiger partial charge on any atom is -0.458 e. The number of hydrogen-bond donors (Lipinski definition) is 2. The van der Waals surface area contributed by atoms with Gasteiger partial charge in [0.05, 0.1) is 17.4 Å². The summed E-state index contributed by atoms with van der Waals surface area (Å²) >= 11 is 0. The van der Waals surface area contributed by atoms with Crippen LogP contribution in [0.5, 0.6) is 0 Å². The molecular formula is C14H21N3O3. The minimum atomic E-state index is -0.700. The molecule has 0 aromatic carbocycles. The maximum atomic E-state index is 12.1. The fourth-order valence-electron chi connectivity index (χ4n) is 1.55. The number of nitrogens with one attached hydrogen (secondary N) is 1. The van der Waals surface area contributed by atoms with E-state index in [1.807, 2.05) is 0 Å². The first-order chi connectivity index (χ1) is 9.24. The monoisotopic (exact) mass is 279 g/mol. The van der Waals surface area contributed by atoms with E-state index in [1.54, 1.807) is 27.7 Å². The Morgan fingerprint density at radius 3 is 2.60 bits per heavy atom. The van der Waals surface area contributed by atoms with Gasteiger partial charge in [-0.2, -0.15) is 0 Å². The molecule has 1 aromatic rings.